The number of hydrogen-bond acceptors (Lipinski definition) is 3. The van der Waals surface area contributed by atoms with Crippen LogP contribution in [0.4, 0.5) is 5.69 Å². The first kappa shape index (κ1) is 15.3. The fourth-order valence-corrected chi connectivity index (χ4v) is 2.67. The number of benzene rings is 1. The van der Waals surface area contributed by atoms with Crippen LogP contribution in [0.1, 0.15) is 17.2 Å². The molecule has 0 aliphatic carbocycles. The molecular weight excluding hydrogens is 287 g/mol. The summed E-state index contributed by atoms with van der Waals surface area (Å²) < 4.78 is 0. The molecule has 0 bridgehead atoms. The zero-order valence-corrected chi connectivity index (χ0v) is 12.6. The standard InChI is InChI=1S/C13H15ClN2S.ClH/c1-16(2)10-3-4-11(12(14)7-10)13(15)9-5-6-17-8-9;/h3-8,13H,15H2,1-2H3;1H/t13-;/m0./s1. The monoisotopic (exact) mass is 302 g/mol. The van der Waals surface area contributed by atoms with Gasteiger partial charge < -0.3 is 10.6 Å². The Bertz CT molecular complexity index is 498. The molecule has 1 atom stereocenters. The minimum absolute atomic E-state index is 0. The van der Waals surface area contributed by atoms with E-state index in [0.29, 0.717) is 0 Å². The quantitative estimate of drug-likeness (QED) is 0.930. The molecule has 2 rings (SSSR count). The van der Waals surface area contributed by atoms with Crippen LogP contribution in [0, 0.1) is 0 Å². The van der Waals surface area contributed by atoms with Crippen molar-refractivity contribution in [1.29, 1.82) is 0 Å². The van der Waals surface area contributed by atoms with Crippen molar-refractivity contribution in [2.24, 2.45) is 5.73 Å². The van der Waals surface area contributed by atoms with Gasteiger partial charge in [-0.2, -0.15) is 11.3 Å². The van der Waals surface area contributed by atoms with E-state index in [1.54, 1.807) is 11.3 Å². The van der Waals surface area contributed by atoms with Gasteiger partial charge in [-0.1, -0.05) is 17.7 Å². The first-order chi connectivity index (χ1) is 8.09. The molecule has 1 heterocycles. The average molecular weight is 303 g/mol. The Hall–Kier alpha value is -0.740. The predicted molar refractivity (Wildman–Crippen MR) is 83.4 cm³/mol. The van der Waals surface area contributed by atoms with Gasteiger partial charge in [0.05, 0.1) is 6.04 Å². The number of hydrogen-bond donors (Lipinski definition) is 1. The first-order valence-corrected chi connectivity index (χ1v) is 6.66. The van der Waals surface area contributed by atoms with Gasteiger partial charge in [-0.3, -0.25) is 0 Å². The first-order valence-electron chi connectivity index (χ1n) is 5.34. The summed E-state index contributed by atoms with van der Waals surface area (Å²) in [5, 5.41) is 4.80. The summed E-state index contributed by atoms with van der Waals surface area (Å²) >= 11 is 7.93. The number of nitrogens with zero attached hydrogens (tertiary/aromatic N) is 1. The van der Waals surface area contributed by atoms with Gasteiger partial charge >= 0.3 is 0 Å². The minimum Gasteiger partial charge on any atom is -0.378 e. The zero-order chi connectivity index (χ0) is 12.4. The van der Waals surface area contributed by atoms with Crippen molar-refractivity contribution in [2.75, 3.05) is 19.0 Å². The Morgan fingerprint density at radius 1 is 1.28 bits per heavy atom. The molecule has 1 aromatic heterocycles. The maximum Gasteiger partial charge on any atom is 0.0574 e. The van der Waals surface area contributed by atoms with Crippen LogP contribution in [0.15, 0.2) is 35.0 Å². The normalized spacial score (nSPS) is 11.8. The Kier molecular flexibility index (Phi) is 5.47. The molecule has 98 valence electrons. The molecule has 0 aliphatic heterocycles. The second-order valence-corrected chi connectivity index (χ2v) is 5.32. The van der Waals surface area contributed by atoms with Crippen LogP contribution in [0.5, 0.6) is 0 Å². The lowest BCUT2D eigenvalue weighted by molar-refractivity contribution is 0.876. The van der Waals surface area contributed by atoms with E-state index < -0.39 is 0 Å². The summed E-state index contributed by atoms with van der Waals surface area (Å²) in [6.07, 6.45) is 0. The molecule has 0 radical (unpaired) electrons. The predicted octanol–water partition coefficient (Wildman–Crippen LogP) is 3.94. The van der Waals surface area contributed by atoms with Crippen LogP contribution in [-0.2, 0) is 0 Å². The van der Waals surface area contributed by atoms with Gasteiger partial charge in [0.1, 0.15) is 0 Å². The summed E-state index contributed by atoms with van der Waals surface area (Å²) in [6.45, 7) is 0. The van der Waals surface area contributed by atoms with Crippen LogP contribution in [-0.4, -0.2) is 14.1 Å². The van der Waals surface area contributed by atoms with E-state index in [0.717, 1.165) is 21.8 Å². The summed E-state index contributed by atoms with van der Waals surface area (Å²) in [6, 6.07) is 7.87. The molecule has 5 heteroatoms. The molecule has 2 aromatic rings. The molecule has 2 N–H and O–H groups in total. The Labute approximate surface area is 123 Å². The van der Waals surface area contributed by atoms with Crippen molar-refractivity contribution in [3.05, 3.63) is 51.2 Å². The van der Waals surface area contributed by atoms with E-state index in [1.807, 2.05) is 48.6 Å². The summed E-state index contributed by atoms with van der Waals surface area (Å²) in [5.74, 6) is 0. The van der Waals surface area contributed by atoms with Crippen molar-refractivity contribution in [1.82, 2.24) is 0 Å². The molecule has 0 saturated heterocycles. The van der Waals surface area contributed by atoms with E-state index in [9.17, 15) is 0 Å². The van der Waals surface area contributed by atoms with E-state index in [2.05, 4.69) is 5.38 Å². The molecule has 2 nitrogen and oxygen atoms in total. The van der Waals surface area contributed by atoms with Gasteiger partial charge in [0.2, 0.25) is 0 Å². The van der Waals surface area contributed by atoms with Crippen LogP contribution in [0.25, 0.3) is 0 Å². The smallest absolute Gasteiger partial charge is 0.0574 e. The SMILES string of the molecule is CN(C)c1ccc([C@@H](N)c2ccsc2)c(Cl)c1.Cl. The molecule has 1 aromatic carbocycles. The maximum absolute atomic E-state index is 6.28. The number of halogens is 2. The average Bonchev–Trinajstić information content (AvgIpc) is 2.81. The highest BCUT2D eigenvalue weighted by Crippen LogP contribution is 2.30. The number of nitrogens with two attached hydrogens (primary N) is 1. The Morgan fingerprint density at radius 3 is 2.50 bits per heavy atom. The summed E-state index contributed by atoms with van der Waals surface area (Å²) in [5.41, 5.74) is 9.35. The lowest BCUT2D eigenvalue weighted by Crippen LogP contribution is -2.13. The highest BCUT2D eigenvalue weighted by atomic mass is 35.5. The molecule has 0 fully saturated rings. The van der Waals surface area contributed by atoms with Crippen LogP contribution < -0.4 is 10.6 Å². The molecule has 0 aliphatic rings. The van der Waals surface area contributed by atoms with Gasteiger partial charge in [0.15, 0.2) is 0 Å². The van der Waals surface area contributed by atoms with Crippen LogP contribution in [0.3, 0.4) is 0 Å². The molecule has 0 spiro atoms. The highest BCUT2D eigenvalue weighted by Gasteiger charge is 2.13. The maximum atomic E-state index is 6.28. The van der Waals surface area contributed by atoms with E-state index >= 15 is 0 Å². The Morgan fingerprint density at radius 2 is 2.00 bits per heavy atom. The topological polar surface area (TPSA) is 29.3 Å². The second-order valence-electron chi connectivity index (χ2n) is 4.13. The van der Waals surface area contributed by atoms with Gasteiger partial charge in [0, 0.05) is 24.8 Å². The summed E-state index contributed by atoms with van der Waals surface area (Å²) in [7, 11) is 3.98. The van der Waals surface area contributed by atoms with E-state index in [1.165, 1.54) is 0 Å². The summed E-state index contributed by atoms with van der Waals surface area (Å²) in [4.78, 5) is 2.02. The van der Waals surface area contributed by atoms with E-state index in [4.69, 9.17) is 17.3 Å². The molecular formula is C13H16Cl2N2S. The van der Waals surface area contributed by atoms with Crippen molar-refractivity contribution in [3.8, 4) is 0 Å². The third kappa shape index (κ3) is 3.18. The van der Waals surface area contributed by atoms with Gasteiger partial charge in [-0.25, -0.2) is 0 Å². The minimum atomic E-state index is -0.148. The molecule has 0 amide bonds. The van der Waals surface area contributed by atoms with Crippen LogP contribution >= 0.6 is 35.3 Å². The third-order valence-electron chi connectivity index (χ3n) is 2.74. The van der Waals surface area contributed by atoms with Crippen LogP contribution in [0.2, 0.25) is 5.02 Å². The molecule has 0 unspecified atom stereocenters. The molecule has 18 heavy (non-hydrogen) atoms. The van der Waals surface area contributed by atoms with Gasteiger partial charge in [-0.05, 0) is 40.1 Å². The van der Waals surface area contributed by atoms with Crippen molar-refractivity contribution >= 4 is 41.0 Å². The largest absolute Gasteiger partial charge is 0.378 e. The zero-order valence-electron chi connectivity index (χ0n) is 10.3. The number of rotatable bonds is 3. The number of anilines is 1. The van der Waals surface area contributed by atoms with Crippen molar-refractivity contribution in [3.63, 3.8) is 0 Å². The van der Waals surface area contributed by atoms with E-state index in [-0.39, 0.29) is 18.4 Å². The van der Waals surface area contributed by atoms with Crippen molar-refractivity contribution in [2.45, 2.75) is 6.04 Å². The third-order valence-corrected chi connectivity index (χ3v) is 3.77. The fourth-order valence-electron chi connectivity index (χ4n) is 1.68. The highest BCUT2D eigenvalue weighted by molar-refractivity contribution is 7.08. The molecule has 0 saturated carbocycles. The van der Waals surface area contributed by atoms with Crippen molar-refractivity contribution < 1.29 is 0 Å². The van der Waals surface area contributed by atoms with Gasteiger partial charge in [-0.15, -0.1) is 12.4 Å². The number of thiophene rings is 1. The fraction of sp³-hybridized carbons (Fsp3) is 0.231. The second kappa shape index (κ2) is 6.43. The lowest BCUT2D eigenvalue weighted by atomic mass is 10.0. The van der Waals surface area contributed by atoms with Gasteiger partial charge in [0.25, 0.3) is 0 Å². The Balaban J connectivity index is 0.00000162. The lowest BCUT2D eigenvalue weighted by Gasteiger charge is -2.17.